The van der Waals surface area contributed by atoms with Crippen molar-refractivity contribution < 1.29 is 10.2 Å². The van der Waals surface area contributed by atoms with Crippen molar-refractivity contribution >= 4 is 66.6 Å². The Morgan fingerprint density at radius 1 is 0.441 bits per heavy atom. The predicted octanol–water partition coefficient (Wildman–Crippen LogP) is 8.82. The summed E-state index contributed by atoms with van der Waals surface area (Å²) >= 11 is 3.23. The van der Waals surface area contributed by atoms with Crippen LogP contribution in [0.3, 0.4) is 0 Å². The molecule has 2 N–H and O–H groups in total. The average molecular weight is 479 g/mol. The number of thioether (sulfide) groups is 2. The Morgan fingerprint density at radius 3 is 1.18 bits per heavy atom. The molecule has 0 heterocycles. The minimum Gasteiger partial charge on any atom is -0.507 e. The highest BCUT2D eigenvalue weighted by atomic mass is 32.2. The van der Waals surface area contributed by atoms with Crippen LogP contribution < -0.4 is 0 Å². The number of aromatic hydroxyl groups is 2. The van der Waals surface area contributed by atoms with Crippen molar-refractivity contribution in [2.24, 2.45) is 0 Å². The summed E-state index contributed by atoms with van der Waals surface area (Å²) in [5, 5.41) is 31.4. The number of hydrogen-bond donors (Lipinski definition) is 2. The molecule has 6 rings (SSSR count). The van der Waals surface area contributed by atoms with Crippen LogP contribution in [0.4, 0.5) is 0 Å². The maximum absolute atomic E-state index is 11.9. The van der Waals surface area contributed by atoms with Gasteiger partial charge in [0.2, 0.25) is 0 Å². The van der Waals surface area contributed by atoms with Gasteiger partial charge >= 0.3 is 0 Å². The van der Waals surface area contributed by atoms with Crippen LogP contribution in [0, 0.1) is 0 Å². The first-order valence-electron chi connectivity index (χ1n) is 11.1. The quantitative estimate of drug-likeness (QED) is 0.197. The van der Waals surface area contributed by atoms with Crippen LogP contribution in [-0.2, 0) is 0 Å². The Balaban J connectivity index is 1.92. The van der Waals surface area contributed by atoms with Gasteiger partial charge in [0.05, 0.1) is 0 Å². The van der Waals surface area contributed by atoms with Gasteiger partial charge in [0.15, 0.2) is 0 Å². The van der Waals surface area contributed by atoms with E-state index in [0.717, 1.165) is 52.9 Å². The minimum atomic E-state index is 0.208. The first kappa shape index (κ1) is 21.2. The van der Waals surface area contributed by atoms with E-state index in [4.69, 9.17) is 0 Å². The number of hydrogen-bond acceptors (Lipinski definition) is 4. The first-order chi connectivity index (χ1) is 16.7. The van der Waals surface area contributed by atoms with Gasteiger partial charge < -0.3 is 10.2 Å². The standard InChI is InChI=1S/C30H22O2S2/c1-33-23-15-7-13-19-17-9-3-5-11-21(17)27(29(31)25(19)23)28-22-12-6-4-10-18(22)20-14-8-16-24(34-2)26(20)30(28)32/h3-16,31-32H,1-2H3. The number of phenolic OH excluding ortho intramolecular Hbond substituents is 2. The summed E-state index contributed by atoms with van der Waals surface area (Å²) in [4.78, 5) is 2.02. The van der Waals surface area contributed by atoms with Crippen molar-refractivity contribution in [2.75, 3.05) is 12.5 Å². The van der Waals surface area contributed by atoms with Crippen molar-refractivity contribution in [3.8, 4) is 22.6 Å². The zero-order valence-corrected chi connectivity index (χ0v) is 20.4. The summed E-state index contributed by atoms with van der Waals surface area (Å²) < 4.78 is 0. The number of phenols is 2. The normalized spacial score (nSPS) is 11.7. The summed E-state index contributed by atoms with van der Waals surface area (Å²) in [6, 6.07) is 28.6. The van der Waals surface area contributed by atoms with E-state index in [2.05, 4.69) is 24.3 Å². The Labute approximate surface area is 206 Å². The molecule has 4 heteroatoms. The van der Waals surface area contributed by atoms with Crippen LogP contribution in [0.15, 0.2) is 94.7 Å². The summed E-state index contributed by atoms with van der Waals surface area (Å²) in [7, 11) is 0. The Bertz CT molecular complexity index is 1620. The Hall–Kier alpha value is -3.34. The van der Waals surface area contributed by atoms with Gasteiger partial charge in [-0.2, -0.15) is 0 Å². The van der Waals surface area contributed by atoms with Gasteiger partial charge in [0.25, 0.3) is 0 Å². The third-order valence-electron chi connectivity index (χ3n) is 6.66. The molecule has 2 nitrogen and oxygen atoms in total. The average Bonchev–Trinajstić information content (AvgIpc) is 2.89. The largest absolute Gasteiger partial charge is 0.507 e. The van der Waals surface area contributed by atoms with Gasteiger partial charge in [-0.25, -0.2) is 0 Å². The third-order valence-corrected chi connectivity index (χ3v) is 8.22. The van der Waals surface area contributed by atoms with Gasteiger partial charge in [-0.15, -0.1) is 23.5 Å². The van der Waals surface area contributed by atoms with E-state index in [-0.39, 0.29) is 11.5 Å². The lowest BCUT2D eigenvalue weighted by atomic mass is 9.87. The molecule has 6 aromatic carbocycles. The topological polar surface area (TPSA) is 40.5 Å². The molecule has 166 valence electrons. The number of fused-ring (bicyclic) bond motifs is 6. The van der Waals surface area contributed by atoms with Crippen LogP contribution in [-0.4, -0.2) is 22.7 Å². The zero-order valence-electron chi connectivity index (χ0n) is 18.8. The monoisotopic (exact) mass is 478 g/mol. The molecule has 0 spiro atoms. The smallest absolute Gasteiger partial charge is 0.133 e. The van der Waals surface area contributed by atoms with Gasteiger partial charge in [0, 0.05) is 31.7 Å². The molecule has 0 saturated carbocycles. The van der Waals surface area contributed by atoms with E-state index in [9.17, 15) is 10.2 Å². The molecule has 0 atom stereocenters. The second-order valence-electron chi connectivity index (χ2n) is 8.30. The van der Waals surface area contributed by atoms with Crippen LogP contribution in [0.1, 0.15) is 0 Å². The van der Waals surface area contributed by atoms with Crippen LogP contribution >= 0.6 is 23.5 Å². The summed E-state index contributed by atoms with van der Waals surface area (Å²) in [5.41, 5.74) is 1.35. The highest BCUT2D eigenvalue weighted by Crippen LogP contribution is 2.53. The van der Waals surface area contributed by atoms with E-state index in [1.807, 2.05) is 73.2 Å². The molecule has 6 aromatic rings. The molecule has 0 fully saturated rings. The SMILES string of the molecule is CSc1cccc2c1c(O)c(-c1c(O)c3c(SC)cccc3c3ccccc13)c1ccccc12. The summed E-state index contributed by atoms with van der Waals surface area (Å²) in [6.45, 7) is 0. The third kappa shape index (κ3) is 2.92. The number of rotatable bonds is 3. The van der Waals surface area contributed by atoms with Gasteiger partial charge in [-0.05, 0) is 57.0 Å². The maximum Gasteiger partial charge on any atom is 0.133 e. The molecule has 0 unspecified atom stereocenters. The van der Waals surface area contributed by atoms with E-state index in [1.54, 1.807) is 23.5 Å². The molecule has 0 saturated heterocycles. The molecule has 0 aromatic heterocycles. The molecule has 0 aliphatic carbocycles. The summed E-state index contributed by atoms with van der Waals surface area (Å²) in [5.74, 6) is 0.417. The maximum atomic E-state index is 11.9. The second kappa shape index (κ2) is 8.15. The molecular formula is C30H22O2S2. The number of benzene rings is 6. The summed E-state index contributed by atoms with van der Waals surface area (Å²) in [6.07, 6.45) is 4.05. The predicted molar refractivity (Wildman–Crippen MR) is 149 cm³/mol. The Morgan fingerprint density at radius 2 is 0.794 bits per heavy atom. The molecule has 0 bridgehead atoms. The lowest BCUT2D eigenvalue weighted by Crippen LogP contribution is -1.92. The van der Waals surface area contributed by atoms with Gasteiger partial charge in [-0.3, -0.25) is 0 Å². The Kier molecular flexibility index (Phi) is 5.09. The molecule has 0 aliphatic rings. The van der Waals surface area contributed by atoms with Crippen molar-refractivity contribution in [3.05, 3.63) is 84.9 Å². The van der Waals surface area contributed by atoms with Crippen LogP contribution in [0.5, 0.6) is 11.5 Å². The zero-order chi connectivity index (χ0) is 23.4. The van der Waals surface area contributed by atoms with Crippen molar-refractivity contribution in [1.82, 2.24) is 0 Å². The van der Waals surface area contributed by atoms with E-state index >= 15 is 0 Å². The van der Waals surface area contributed by atoms with Crippen molar-refractivity contribution in [2.45, 2.75) is 9.79 Å². The molecule has 34 heavy (non-hydrogen) atoms. The molecule has 0 aliphatic heterocycles. The lowest BCUT2D eigenvalue weighted by Gasteiger charge is -2.20. The molecule has 0 amide bonds. The van der Waals surface area contributed by atoms with E-state index in [1.165, 1.54) is 0 Å². The lowest BCUT2D eigenvalue weighted by molar-refractivity contribution is 0.476. The van der Waals surface area contributed by atoms with E-state index < -0.39 is 0 Å². The fourth-order valence-corrected chi connectivity index (χ4v) is 6.47. The highest BCUT2D eigenvalue weighted by Gasteiger charge is 2.24. The van der Waals surface area contributed by atoms with Crippen molar-refractivity contribution in [1.29, 1.82) is 0 Å². The van der Waals surface area contributed by atoms with Gasteiger partial charge in [0.1, 0.15) is 11.5 Å². The fraction of sp³-hybridized carbons (Fsp3) is 0.0667. The van der Waals surface area contributed by atoms with Crippen LogP contribution in [0.2, 0.25) is 0 Å². The molecule has 0 radical (unpaired) electrons. The highest BCUT2D eigenvalue weighted by molar-refractivity contribution is 7.99. The van der Waals surface area contributed by atoms with Crippen LogP contribution in [0.25, 0.3) is 54.2 Å². The van der Waals surface area contributed by atoms with Crippen molar-refractivity contribution in [3.63, 3.8) is 0 Å². The fourth-order valence-electron chi connectivity index (χ4n) is 5.22. The first-order valence-corrected chi connectivity index (χ1v) is 13.5. The molecular weight excluding hydrogens is 456 g/mol. The van der Waals surface area contributed by atoms with E-state index in [0.29, 0.717) is 11.1 Å². The van der Waals surface area contributed by atoms with Gasteiger partial charge in [-0.1, -0.05) is 72.8 Å². The second-order valence-corrected chi connectivity index (χ2v) is 10.0. The minimum absolute atomic E-state index is 0.208.